The summed E-state index contributed by atoms with van der Waals surface area (Å²) in [5.41, 5.74) is 1.04. The summed E-state index contributed by atoms with van der Waals surface area (Å²) in [5.74, 6) is -0.710. The molecule has 0 aromatic heterocycles. The van der Waals surface area contributed by atoms with Crippen molar-refractivity contribution < 1.29 is 23.1 Å². The van der Waals surface area contributed by atoms with Gasteiger partial charge in [-0.1, -0.05) is 12.1 Å². The first-order valence-electron chi connectivity index (χ1n) is 6.12. The first-order valence-corrected chi connectivity index (χ1v) is 7.63. The van der Waals surface area contributed by atoms with Gasteiger partial charge in [0.15, 0.2) is 5.25 Å². The van der Waals surface area contributed by atoms with E-state index in [0.717, 1.165) is 16.8 Å². The van der Waals surface area contributed by atoms with Crippen LogP contribution in [0.2, 0.25) is 0 Å². The standard InChI is InChI=1S/C13H19NO5S/c1-10-5-4-6-12(9-10)19-8-7-14(3)20(17,18)11(2)13(15)16/h4-6,9,11H,7-8H2,1-3H3,(H,15,16). The van der Waals surface area contributed by atoms with Crippen molar-refractivity contribution in [3.05, 3.63) is 29.8 Å². The van der Waals surface area contributed by atoms with Crippen molar-refractivity contribution >= 4 is 16.0 Å². The number of carboxylic acids is 1. The van der Waals surface area contributed by atoms with E-state index in [-0.39, 0.29) is 13.2 Å². The fourth-order valence-corrected chi connectivity index (χ4v) is 2.65. The number of hydrogen-bond donors (Lipinski definition) is 1. The van der Waals surface area contributed by atoms with Gasteiger partial charge in [0.2, 0.25) is 10.0 Å². The summed E-state index contributed by atoms with van der Waals surface area (Å²) in [6, 6.07) is 7.39. The fourth-order valence-electron chi connectivity index (χ4n) is 1.52. The quantitative estimate of drug-likeness (QED) is 0.815. The zero-order chi connectivity index (χ0) is 15.3. The van der Waals surface area contributed by atoms with Gasteiger partial charge in [0.1, 0.15) is 12.4 Å². The lowest BCUT2D eigenvalue weighted by Gasteiger charge is -2.19. The number of aliphatic carboxylic acids is 1. The molecule has 0 amide bonds. The molecule has 1 atom stereocenters. The van der Waals surface area contributed by atoms with Gasteiger partial charge in [0.05, 0.1) is 0 Å². The Morgan fingerprint density at radius 2 is 2.10 bits per heavy atom. The van der Waals surface area contributed by atoms with Gasteiger partial charge in [0, 0.05) is 13.6 Å². The molecule has 1 aromatic carbocycles. The molecule has 1 N–H and O–H groups in total. The molecule has 0 spiro atoms. The van der Waals surface area contributed by atoms with Crippen molar-refractivity contribution in [1.82, 2.24) is 4.31 Å². The number of rotatable bonds is 7. The summed E-state index contributed by atoms with van der Waals surface area (Å²) in [6.07, 6.45) is 0. The van der Waals surface area contributed by atoms with Gasteiger partial charge in [-0.2, -0.15) is 0 Å². The van der Waals surface area contributed by atoms with Crippen LogP contribution in [-0.4, -0.2) is 49.2 Å². The third kappa shape index (κ3) is 4.21. The third-order valence-corrected chi connectivity index (χ3v) is 5.04. The van der Waals surface area contributed by atoms with Gasteiger partial charge in [-0.05, 0) is 31.5 Å². The number of likely N-dealkylation sites (N-methyl/N-ethyl adjacent to an activating group) is 1. The molecule has 7 heteroatoms. The number of carboxylic acid groups (broad SMARTS) is 1. The largest absolute Gasteiger partial charge is 0.492 e. The van der Waals surface area contributed by atoms with Crippen molar-refractivity contribution in [2.75, 3.05) is 20.2 Å². The highest BCUT2D eigenvalue weighted by atomic mass is 32.2. The number of ether oxygens (including phenoxy) is 1. The summed E-state index contributed by atoms with van der Waals surface area (Å²) in [4.78, 5) is 10.7. The van der Waals surface area contributed by atoms with E-state index in [1.807, 2.05) is 25.1 Å². The summed E-state index contributed by atoms with van der Waals surface area (Å²) in [7, 11) is -2.51. The predicted molar refractivity (Wildman–Crippen MR) is 75.3 cm³/mol. The van der Waals surface area contributed by atoms with Gasteiger partial charge in [0.25, 0.3) is 0 Å². The molecule has 6 nitrogen and oxygen atoms in total. The molecular weight excluding hydrogens is 282 g/mol. The van der Waals surface area contributed by atoms with Crippen LogP contribution in [0.25, 0.3) is 0 Å². The van der Waals surface area contributed by atoms with Gasteiger partial charge in [-0.15, -0.1) is 0 Å². The second-order valence-corrected chi connectivity index (χ2v) is 6.87. The lowest BCUT2D eigenvalue weighted by atomic mass is 10.2. The maximum absolute atomic E-state index is 11.9. The van der Waals surface area contributed by atoms with Crippen molar-refractivity contribution in [2.45, 2.75) is 19.1 Å². The maximum atomic E-state index is 11.9. The number of carbonyl (C=O) groups is 1. The van der Waals surface area contributed by atoms with E-state index in [9.17, 15) is 13.2 Å². The molecule has 0 radical (unpaired) electrons. The Morgan fingerprint density at radius 1 is 1.45 bits per heavy atom. The van der Waals surface area contributed by atoms with E-state index in [1.165, 1.54) is 7.05 Å². The average molecular weight is 301 g/mol. The molecule has 20 heavy (non-hydrogen) atoms. The normalized spacial score (nSPS) is 13.2. The minimum Gasteiger partial charge on any atom is -0.492 e. The molecule has 0 heterocycles. The number of sulfonamides is 1. The third-order valence-electron chi connectivity index (χ3n) is 2.89. The molecule has 1 rings (SSSR count). The van der Waals surface area contributed by atoms with E-state index in [2.05, 4.69) is 0 Å². The van der Waals surface area contributed by atoms with Crippen LogP contribution in [0.1, 0.15) is 12.5 Å². The van der Waals surface area contributed by atoms with Gasteiger partial charge in [-0.25, -0.2) is 12.7 Å². The monoisotopic (exact) mass is 301 g/mol. The molecular formula is C13H19NO5S. The molecule has 1 aromatic rings. The zero-order valence-corrected chi connectivity index (χ0v) is 12.6. The highest BCUT2D eigenvalue weighted by molar-refractivity contribution is 7.90. The van der Waals surface area contributed by atoms with Gasteiger partial charge >= 0.3 is 5.97 Å². The van der Waals surface area contributed by atoms with Crippen LogP contribution in [0.15, 0.2) is 24.3 Å². The summed E-state index contributed by atoms with van der Waals surface area (Å²) in [5, 5.41) is 7.30. The Labute approximate surface area is 119 Å². The molecule has 1 unspecified atom stereocenters. The Kier molecular flexibility index (Phi) is 5.52. The number of benzene rings is 1. The number of aryl methyl sites for hydroxylation is 1. The molecule has 0 saturated carbocycles. The first-order chi connectivity index (χ1) is 9.25. The minimum absolute atomic E-state index is 0.0912. The lowest BCUT2D eigenvalue weighted by Crippen LogP contribution is -2.40. The van der Waals surface area contributed by atoms with Crippen LogP contribution in [-0.2, 0) is 14.8 Å². The second kappa shape index (κ2) is 6.71. The van der Waals surface area contributed by atoms with Crippen LogP contribution in [0.4, 0.5) is 0 Å². The summed E-state index contributed by atoms with van der Waals surface area (Å²) in [6.45, 7) is 3.33. The highest BCUT2D eigenvalue weighted by Crippen LogP contribution is 2.13. The topological polar surface area (TPSA) is 83.9 Å². The van der Waals surface area contributed by atoms with Crippen molar-refractivity contribution in [1.29, 1.82) is 0 Å². The molecule has 0 bridgehead atoms. The maximum Gasteiger partial charge on any atom is 0.323 e. The smallest absolute Gasteiger partial charge is 0.323 e. The Balaban J connectivity index is 2.55. The van der Waals surface area contributed by atoms with Crippen LogP contribution >= 0.6 is 0 Å². The highest BCUT2D eigenvalue weighted by Gasteiger charge is 2.31. The molecule has 0 aliphatic rings. The molecule has 0 aliphatic carbocycles. The van der Waals surface area contributed by atoms with Crippen LogP contribution in [0.3, 0.4) is 0 Å². The Bertz CT molecular complexity index is 570. The van der Waals surface area contributed by atoms with Crippen molar-refractivity contribution in [3.63, 3.8) is 0 Å². The summed E-state index contributed by atoms with van der Waals surface area (Å²) < 4.78 is 30.2. The van der Waals surface area contributed by atoms with E-state index in [0.29, 0.717) is 5.75 Å². The predicted octanol–water partition coefficient (Wildman–Crippen LogP) is 1.11. The SMILES string of the molecule is Cc1cccc(OCCN(C)S(=O)(=O)C(C)C(=O)O)c1. The van der Waals surface area contributed by atoms with E-state index in [4.69, 9.17) is 9.84 Å². The van der Waals surface area contributed by atoms with E-state index >= 15 is 0 Å². The Morgan fingerprint density at radius 3 is 2.65 bits per heavy atom. The minimum atomic E-state index is -3.85. The fraction of sp³-hybridized carbons (Fsp3) is 0.462. The summed E-state index contributed by atoms with van der Waals surface area (Å²) >= 11 is 0. The first kappa shape index (κ1) is 16.5. The second-order valence-electron chi connectivity index (χ2n) is 4.51. The average Bonchev–Trinajstić information content (AvgIpc) is 2.37. The van der Waals surface area contributed by atoms with Crippen LogP contribution in [0.5, 0.6) is 5.75 Å². The molecule has 0 fully saturated rings. The van der Waals surface area contributed by atoms with Crippen molar-refractivity contribution in [3.8, 4) is 5.75 Å². The van der Waals surface area contributed by atoms with Gasteiger partial charge < -0.3 is 9.84 Å². The zero-order valence-electron chi connectivity index (χ0n) is 11.7. The molecule has 112 valence electrons. The van der Waals surface area contributed by atoms with E-state index < -0.39 is 21.2 Å². The van der Waals surface area contributed by atoms with Gasteiger partial charge in [-0.3, -0.25) is 4.79 Å². The van der Waals surface area contributed by atoms with E-state index in [1.54, 1.807) is 6.07 Å². The van der Waals surface area contributed by atoms with Crippen LogP contribution < -0.4 is 4.74 Å². The lowest BCUT2D eigenvalue weighted by molar-refractivity contribution is -0.136. The van der Waals surface area contributed by atoms with Crippen LogP contribution in [0, 0.1) is 6.92 Å². The number of nitrogens with zero attached hydrogens (tertiary/aromatic N) is 1. The molecule has 0 saturated heterocycles. The Hall–Kier alpha value is -1.60. The molecule has 0 aliphatic heterocycles. The van der Waals surface area contributed by atoms with Crippen molar-refractivity contribution in [2.24, 2.45) is 0 Å². The number of hydrogen-bond acceptors (Lipinski definition) is 4.